The van der Waals surface area contributed by atoms with Crippen molar-refractivity contribution in [1.82, 2.24) is 14.9 Å². The minimum absolute atomic E-state index is 0.174. The predicted molar refractivity (Wildman–Crippen MR) is 127 cm³/mol. The van der Waals surface area contributed by atoms with Crippen molar-refractivity contribution in [3.8, 4) is 17.1 Å². The van der Waals surface area contributed by atoms with Crippen molar-refractivity contribution in [2.24, 2.45) is 0 Å². The molecule has 7 nitrogen and oxygen atoms in total. The lowest BCUT2D eigenvalue weighted by atomic mass is 10.1. The molecule has 4 rings (SSSR count). The topological polar surface area (TPSA) is 95.1 Å². The van der Waals surface area contributed by atoms with Crippen molar-refractivity contribution in [2.45, 2.75) is 17.3 Å². The molecule has 1 heterocycles. The summed E-state index contributed by atoms with van der Waals surface area (Å²) < 4.78 is 6.81. The fourth-order valence-corrected chi connectivity index (χ4v) is 4.18. The summed E-state index contributed by atoms with van der Waals surface area (Å²) >= 11 is 1.24. The van der Waals surface area contributed by atoms with Gasteiger partial charge in [0.05, 0.1) is 12.7 Å². The third-order valence-electron chi connectivity index (χ3n) is 4.90. The number of anilines is 1. The van der Waals surface area contributed by atoms with E-state index in [4.69, 9.17) is 10.6 Å². The number of nitrogens with zero attached hydrogens (tertiary/aromatic N) is 3. The number of thioether (sulfide) groups is 1. The standard InChI is InChI=1S/C24H23N5O2S/c1-16-12-14-18(15-13-16)26-23(30)21(17-8-4-3-5-9-17)32-24-28-27-22(29(24)25)19-10-6-7-11-20(19)31-2/h3-15,21H,25H2,1-2H3,(H,26,30). The molecule has 3 aromatic carbocycles. The number of aryl methyl sites for hydroxylation is 1. The van der Waals surface area contributed by atoms with Gasteiger partial charge in [0.15, 0.2) is 5.82 Å². The van der Waals surface area contributed by atoms with Gasteiger partial charge in [-0.2, -0.15) is 0 Å². The largest absolute Gasteiger partial charge is 0.496 e. The maximum Gasteiger partial charge on any atom is 0.242 e. The number of para-hydroxylation sites is 1. The van der Waals surface area contributed by atoms with E-state index in [1.54, 1.807) is 7.11 Å². The fraction of sp³-hybridized carbons (Fsp3) is 0.125. The number of methoxy groups -OCH3 is 1. The summed E-state index contributed by atoms with van der Waals surface area (Å²) in [7, 11) is 1.59. The summed E-state index contributed by atoms with van der Waals surface area (Å²) in [5.74, 6) is 7.26. The number of amides is 1. The van der Waals surface area contributed by atoms with Crippen molar-refractivity contribution in [2.75, 3.05) is 18.3 Å². The number of rotatable bonds is 7. The molecule has 0 aliphatic carbocycles. The zero-order chi connectivity index (χ0) is 22.5. The zero-order valence-corrected chi connectivity index (χ0v) is 18.5. The maximum atomic E-state index is 13.2. The Morgan fingerprint density at radius 3 is 2.41 bits per heavy atom. The highest BCUT2D eigenvalue weighted by molar-refractivity contribution is 8.00. The lowest BCUT2D eigenvalue weighted by molar-refractivity contribution is -0.115. The van der Waals surface area contributed by atoms with Gasteiger partial charge in [0.1, 0.15) is 11.0 Å². The molecular formula is C24H23N5O2S. The van der Waals surface area contributed by atoms with Gasteiger partial charge in [-0.15, -0.1) is 10.2 Å². The average Bonchev–Trinajstić information content (AvgIpc) is 3.19. The second kappa shape index (κ2) is 9.57. The van der Waals surface area contributed by atoms with E-state index in [9.17, 15) is 4.79 Å². The molecule has 0 bridgehead atoms. The monoisotopic (exact) mass is 445 g/mol. The van der Waals surface area contributed by atoms with E-state index in [-0.39, 0.29) is 5.91 Å². The van der Waals surface area contributed by atoms with Crippen molar-refractivity contribution >= 4 is 23.4 Å². The number of nitrogens with one attached hydrogen (secondary N) is 1. The van der Waals surface area contributed by atoms with Gasteiger partial charge in [-0.05, 0) is 36.8 Å². The highest BCUT2D eigenvalue weighted by Gasteiger charge is 2.26. The highest BCUT2D eigenvalue weighted by atomic mass is 32.2. The first-order chi connectivity index (χ1) is 15.6. The second-order valence-electron chi connectivity index (χ2n) is 7.14. The van der Waals surface area contributed by atoms with Crippen LogP contribution in [0.25, 0.3) is 11.4 Å². The Morgan fingerprint density at radius 1 is 1.00 bits per heavy atom. The predicted octanol–water partition coefficient (Wildman–Crippen LogP) is 4.45. The van der Waals surface area contributed by atoms with Gasteiger partial charge in [0.25, 0.3) is 0 Å². The molecule has 1 aromatic heterocycles. The Morgan fingerprint density at radius 2 is 1.69 bits per heavy atom. The minimum atomic E-state index is -0.575. The maximum absolute atomic E-state index is 13.2. The van der Waals surface area contributed by atoms with E-state index < -0.39 is 5.25 Å². The molecule has 0 radical (unpaired) electrons. The smallest absolute Gasteiger partial charge is 0.242 e. The number of carbonyl (C=O) groups excluding carboxylic acids is 1. The Hall–Kier alpha value is -3.78. The number of hydrogen-bond acceptors (Lipinski definition) is 6. The van der Waals surface area contributed by atoms with E-state index in [1.165, 1.54) is 16.4 Å². The second-order valence-corrected chi connectivity index (χ2v) is 8.21. The number of benzene rings is 3. The number of carbonyl (C=O) groups is 1. The van der Waals surface area contributed by atoms with Crippen LogP contribution in [0.5, 0.6) is 5.75 Å². The lowest BCUT2D eigenvalue weighted by Gasteiger charge is -2.16. The van der Waals surface area contributed by atoms with E-state index in [0.29, 0.717) is 16.7 Å². The van der Waals surface area contributed by atoms with E-state index >= 15 is 0 Å². The first-order valence-corrected chi connectivity index (χ1v) is 10.9. The molecule has 0 aliphatic heterocycles. The number of nitrogen functional groups attached to an aromatic ring is 1. The van der Waals surface area contributed by atoms with Crippen LogP contribution < -0.4 is 15.9 Å². The molecule has 162 valence electrons. The van der Waals surface area contributed by atoms with Crippen LogP contribution in [0.4, 0.5) is 5.69 Å². The van der Waals surface area contributed by atoms with Crippen molar-refractivity contribution in [1.29, 1.82) is 0 Å². The third kappa shape index (κ3) is 4.60. The van der Waals surface area contributed by atoms with Crippen molar-refractivity contribution in [3.63, 3.8) is 0 Å². The van der Waals surface area contributed by atoms with Crippen LogP contribution in [-0.2, 0) is 4.79 Å². The van der Waals surface area contributed by atoms with Crippen LogP contribution in [0.1, 0.15) is 16.4 Å². The van der Waals surface area contributed by atoms with Crippen LogP contribution in [0.15, 0.2) is 84.0 Å². The number of hydrogen-bond donors (Lipinski definition) is 2. The molecule has 32 heavy (non-hydrogen) atoms. The number of ether oxygens (including phenoxy) is 1. The minimum Gasteiger partial charge on any atom is -0.496 e. The molecule has 0 fully saturated rings. The van der Waals surface area contributed by atoms with Gasteiger partial charge in [0, 0.05) is 5.69 Å². The molecule has 8 heteroatoms. The molecule has 0 aliphatic rings. The lowest BCUT2D eigenvalue weighted by Crippen LogP contribution is -2.20. The summed E-state index contributed by atoms with van der Waals surface area (Å²) in [5.41, 5.74) is 3.41. The molecule has 4 aromatic rings. The average molecular weight is 446 g/mol. The SMILES string of the molecule is COc1ccccc1-c1nnc(SC(C(=O)Nc2ccc(C)cc2)c2ccccc2)n1N. The Bertz CT molecular complexity index is 1210. The summed E-state index contributed by atoms with van der Waals surface area (Å²) in [5, 5.41) is 11.3. The van der Waals surface area contributed by atoms with Crippen molar-refractivity contribution in [3.05, 3.63) is 90.0 Å². The van der Waals surface area contributed by atoms with Crippen LogP contribution in [0.3, 0.4) is 0 Å². The summed E-state index contributed by atoms with van der Waals surface area (Å²) in [4.78, 5) is 13.2. The van der Waals surface area contributed by atoms with Gasteiger partial charge < -0.3 is 15.9 Å². The quantitative estimate of drug-likeness (QED) is 0.322. The Balaban J connectivity index is 1.64. The molecular weight excluding hydrogens is 422 g/mol. The molecule has 0 saturated heterocycles. The van der Waals surface area contributed by atoms with E-state index in [1.807, 2.05) is 85.8 Å². The first kappa shape index (κ1) is 21.5. The molecule has 0 saturated carbocycles. The van der Waals surface area contributed by atoms with Gasteiger partial charge in [-0.1, -0.05) is 71.9 Å². The van der Waals surface area contributed by atoms with Gasteiger partial charge >= 0.3 is 0 Å². The normalized spacial score (nSPS) is 11.7. The van der Waals surface area contributed by atoms with E-state index in [2.05, 4.69) is 15.5 Å². The highest BCUT2D eigenvalue weighted by Crippen LogP contribution is 2.37. The van der Waals surface area contributed by atoms with Crippen LogP contribution >= 0.6 is 11.8 Å². The van der Waals surface area contributed by atoms with Crippen LogP contribution in [0.2, 0.25) is 0 Å². The molecule has 3 N–H and O–H groups in total. The third-order valence-corrected chi connectivity index (χ3v) is 6.11. The molecule has 1 amide bonds. The zero-order valence-electron chi connectivity index (χ0n) is 17.7. The molecule has 0 spiro atoms. The summed E-state index contributed by atoms with van der Waals surface area (Å²) in [6.45, 7) is 2.00. The van der Waals surface area contributed by atoms with E-state index in [0.717, 1.165) is 22.4 Å². The van der Waals surface area contributed by atoms with Crippen LogP contribution in [-0.4, -0.2) is 27.9 Å². The Labute approximate surface area is 190 Å². The fourth-order valence-electron chi connectivity index (χ4n) is 3.22. The van der Waals surface area contributed by atoms with Gasteiger partial charge in [-0.3, -0.25) is 4.79 Å². The number of aromatic nitrogens is 3. The molecule has 1 atom stereocenters. The van der Waals surface area contributed by atoms with Crippen molar-refractivity contribution < 1.29 is 9.53 Å². The van der Waals surface area contributed by atoms with Gasteiger partial charge in [0.2, 0.25) is 11.1 Å². The Kier molecular flexibility index (Phi) is 6.42. The summed E-state index contributed by atoms with van der Waals surface area (Å²) in [6.07, 6.45) is 0. The summed E-state index contributed by atoms with van der Waals surface area (Å²) in [6, 6.07) is 24.6. The first-order valence-electron chi connectivity index (χ1n) is 10.00. The van der Waals surface area contributed by atoms with Crippen LogP contribution in [0, 0.1) is 6.92 Å². The number of nitrogens with two attached hydrogens (primary N) is 1. The van der Waals surface area contributed by atoms with Gasteiger partial charge in [-0.25, -0.2) is 4.68 Å². The molecule has 1 unspecified atom stereocenters.